The Morgan fingerprint density at radius 3 is 2.61 bits per heavy atom. The smallest absolute Gasteiger partial charge is 0.153 e. The molecule has 0 aliphatic carbocycles. The molecule has 2 N–H and O–H groups in total. The third kappa shape index (κ3) is 1.76. The Bertz CT molecular complexity index is 683. The number of nitrogens with zero attached hydrogens (tertiary/aromatic N) is 3. The van der Waals surface area contributed by atoms with Crippen molar-refractivity contribution in [2.75, 3.05) is 0 Å². The monoisotopic (exact) mass is 238 g/mol. The van der Waals surface area contributed by atoms with Crippen molar-refractivity contribution >= 4 is 5.65 Å². The van der Waals surface area contributed by atoms with Crippen LogP contribution in [0.25, 0.3) is 16.9 Å². The normalized spacial score (nSPS) is 11.0. The lowest BCUT2D eigenvalue weighted by molar-refractivity contribution is 0.850. The molecule has 1 aromatic carbocycles. The Hall–Kier alpha value is -2.20. The number of rotatable bonds is 2. The summed E-state index contributed by atoms with van der Waals surface area (Å²) in [7, 11) is 0. The van der Waals surface area contributed by atoms with Crippen LogP contribution in [0.3, 0.4) is 0 Å². The van der Waals surface area contributed by atoms with E-state index >= 15 is 0 Å². The largest absolute Gasteiger partial charge is 0.325 e. The lowest BCUT2D eigenvalue weighted by atomic mass is 10.1. The van der Waals surface area contributed by atoms with Crippen molar-refractivity contribution < 1.29 is 0 Å². The lowest BCUT2D eigenvalue weighted by Gasteiger charge is -2.03. The second-order valence-electron chi connectivity index (χ2n) is 4.31. The van der Waals surface area contributed by atoms with Crippen LogP contribution >= 0.6 is 0 Å². The van der Waals surface area contributed by atoms with Crippen LogP contribution in [0, 0.1) is 6.92 Å². The predicted molar refractivity (Wildman–Crippen MR) is 71.1 cm³/mol. The fourth-order valence-electron chi connectivity index (χ4n) is 1.94. The van der Waals surface area contributed by atoms with Crippen molar-refractivity contribution in [2.45, 2.75) is 13.5 Å². The van der Waals surface area contributed by atoms with Crippen LogP contribution < -0.4 is 5.73 Å². The summed E-state index contributed by atoms with van der Waals surface area (Å²) < 4.78 is 1.80. The minimum absolute atomic E-state index is 0.436. The number of fused-ring (bicyclic) bond motifs is 1. The van der Waals surface area contributed by atoms with Crippen molar-refractivity contribution in [3.05, 3.63) is 53.9 Å². The average molecular weight is 238 g/mol. The van der Waals surface area contributed by atoms with Crippen LogP contribution in [0.1, 0.15) is 11.3 Å². The first-order valence-electron chi connectivity index (χ1n) is 5.89. The Morgan fingerprint density at radius 1 is 1.11 bits per heavy atom. The zero-order valence-electron chi connectivity index (χ0n) is 10.2. The first-order chi connectivity index (χ1) is 8.78. The van der Waals surface area contributed by atoms with Crippen molar-refractivity contribution in [1.82, 2.24) is 14.6 Å². The highest BCUT2D eigenvalue weighted by Crippen LogP contribution is 2.18. The molecule has 0 saturated heterocycles. The van der Waals surface area contributed by atoms with Crippen molar-refractivity contribution in [3.8, 4) is 11.3 Å². The van der Waals surface area contributed by atoms with E-state index in [9.17, 15) is 0 Å². The third-order valence-corrected chi connectivity index (χ3v) is 2.99. The van der Waals surface area contributed by atoms with E-state index in [1.165, 1.54) is 5.56 Å². The van der Waals surface area contributed by atoms with Crippen molar-refractivity contribution in [3.63, 3.8) is 0 Å². The molecule has 0 saturated carbocycles. The number of imidazole rings is 1. The first-order valence-corrected chi connectivity index (χ1v) is 5.89. The summed E-state index contributed by atoms with van der Waals surface area (Å²) in [5.41, 5.74) is 10.7. The van der Waals surface area contributed by atoms with Crippen LogP contribution in [0.5, 0.6) is 0 Å². The lowest BCUT2D eigenvalue weighted by Crippen LogP contribution is -2.04. The summed E-state index contributed by atoms with van der Waals surface area (Å²) in [4.78, 5) is 4.26. The molecule has 0 radical (unpaired) electrons. The molecular weight excluding hydrogens is 224 g/mol. The second kappa shape index (κ2) is 4.23. The van der Waals surface area contributed by atoms with Gasteiger partial charge in [0.2, 0.25) is 0 Å². The fraction of sp³-hybridized carbons (Fsp3) is 0.143. The van der Waals surface area contributed by atoms with Crippen LogP contribution in [0.2, 0.25) is 0 Å². The number of benzene rings is 1. The van der Waals surface area contributed by atoms with E-state index in [0.29, 0.717) is 6.54 Å². The summed E-state index contributed by atoms with van der Waals surface area (Å²) in [5.74, 6) is 0. The average Bonchev–Trinajstić information content (AvgIpc) is 2.81. The maximum Gasteiger partial charge on any atom is 0.153 e. The molecule has 2 aromatic heterocycles. The number of aromatic nitrogens is 3. The molecule has 2 heterocycles. The van der Waals surface area contributed by atoms with E-state index in [1.54, 1.807) is 10.7 Å². The van der Waals surface area contributed by atoms with Crippen LogP contribution in [0.4, 0.5) is 0 Å². The first kappa shape index (κ1) is 10.9. The maximum atomic E-state index is 5.67. The number of hydrogen-bond acceptors (Lipinski definition) is 3. The zero-order chi connectivity index (χ0) is 12.5. The Labute approximate surface area is 105 Å². The minimum Gasteiger partial charge on any atom is -0.325 e. The highest BCUT2D eigenvalue weighted by molar-refractivity contribution is 5.60. The minimum atomic E-state index is 0.436. The molecular formula is C14H14N4. The fourth-order valence-corrected chi connectivity index (χ4v) is 1.94. The SMILES string of the molecule is Cc1ccc(-c2ccc3ncc(CN)n3n2)cc1. The van der Waals surface area contributed by atoms with E-state index < -0.39 is 0 Å². The quantitative estimate of drug-likeness (QED) is 0.744. The van der Waals surface area contributed by atoms with Gasteiger partial charge in [0.25, 0.3) is 0 Å². The van der Waals surface area contributed by atoms with Gasteiger partial charge in [-0.2, -0.15) is 5.10 Å². The number of nitrogens with two attached hydrogens (primary N) is 1. The van der Waals surface area contributed by atoms with Crippen LogP contribution in [-0.2, 0) is 6.54 Å². The molecule has 4 heteroatoms. The van der Waals surface area contributed by atoms with Gasteiger partial charge in [0.1, 0.15) is 0 Å². The molecule has 90 valence electrons. The molecule has 3 rings (SSSR count). The summed E-state index contributed by atoms with van der Waals surface area (Å²) in [5, 5.41) is 4.58. The van der Waals surface area contributed by atoms with Crippen LogP contribution in [-0.4, -0.2) is 14.6 Å². The molecule has 3 aromatic rings. The zero-order valence-corrected chi connectivity index (χ0v) is 10.2. The van der Waals surface area contributed by atoms with Gasteiger partial charge in [0.05, 0.1) is 17.6 Å². The molecule has 0 spiro atoms. The molecule has 0 atom stereocenters. The van der Waals surface area contributed by atoms with Gasteiger partial charge < -0.3 is 5.73 Å². The van der Waals surface area contributed by atoms with E-state index in [-0.39, 0.29) is 0 Å². The van der Waals surface area contributed by atoms with E-state index in [0.717, 1.165) is 22.6 Å². The Balaban J connectivity index is 2.14. The van der Waals surface area contributed by atoms with E-state index in [1.807, 2.05) is 12.1 Å². The summed E-state index contributed by atoms with van der Waals surface area (Å²) in [6.07, 6.45) is 1.77. The summed E-state index contributed by atoms with van der Waals surface area (Å²) >= 11 is 0. The Morgan fingerprint density at radius 2 is 1.89 bits per heavy atom. The van der Waals surface area contributed by atoms with E-state index in [4.69, 9.17) is 5.73 Å². The summed E-state index contributed by atoms with van der Waals surface area (Å²) in [6, 6.07) is 12.2. The highest BCUT2D eigenvalue weighted by Gasteiger charge is 2.05. The highest BCUT2D eigenvalue weighted by atomic mass is 15.3. The number of aryl methyl sites for hydroxylation is 1. The molecule has 0 aliphatic rings. The molecule has 0 unspecified atom stereocenters. The van der Waals surface area contributed by atoms with Gasteiger partial charge in [-0.1, -0.05) is 29.8 Å². The van der Waals surface area contributed by atoms with Gasteiger partial charge in [-0.15, -0.1) is 0 Å². The van der Waals surface area contributed by atoms with Crippen LogP contribution in [0.15, 0.2) is 42.6 Å². The standard InChI is InChI=1S/C14H14N4/c1-10-2-4-11(5-3-10)13-6-7-14-16-9-12(8-15)18(14)17-13/h2-7,9H,8,15H2,1H3. The molecule has 0 bridgehead atoms. The van der Waals surface area contributed by atoms with Gasteiger partial charge in [0, 0.05) is 12.1 Å². The molecule has 0 aliphatic heterocycles. The Kier molecular flexibility index (Phi) is 2.57. The second-order valence-corrected chi connectivity index (χ2v) is 4.31. The predicted octanol–water partition coefficient (Wildman–Crippen LogP) is 2.16. The molecule has 0 fully saturated rings. The van der Waals surface area contributed by atoms with Crippen molar-refractivity contribution in [1.29, 1.82) is 0 Å². The number of hydrogen-bond donors (Lipinski definition) is 1. The van der Waals surface area contributed by atoms with Gasteiger partial charge in [0.15, 0.2) is 5.65 Å². The van der Waals surface area contributed by atoms with Gasteiger partial charge in [-0.3, -0.25) is 0 Å². The van der Waals surface area contributed by atoms with Gasteiger partial charge in [-0.05, 0) is 19.1 Å². The summed E-state index contributed by atoms with van der Waals surface area (Å²) in [6.45, 7) is 2.51. The molecule has 4 nitrogen and oxygen atoms in total. The van der Waals surface area contributed by atoms with Gasteiger partial charge in [-0.25, -0.2) is 9.50 Å². The maximum absolute atomic E-state index is 5.67. The third-order valence-electron chi connectivity index (χ3n) is 2.99. The van der Waals surface area contributed by atoms with Crippen molar-refractivity contribution in [2.24, 2.45) is 5.73 Å². The topological polar surface area (TPSA) is 56.2 Å². The van der Waals surface area contributed by atoms with Gasteiger partial charge >= 0.3 is 0 Å². The molecule has 0 amide bonds. The van der Waals surface area contributed by atoms with E-state index in [2.05, 4.69) is 41.3 Å². The molecule has 18 heavy (non-hydrogen) atoms.